The maximum Gasteiger partial charge on any atom is 0.311 e. The summed E-state index contributed by atoms with van der Waals surface area (Å²) in [6.45, 7) is 1.64. The Morgan fingerprint density at radius 2 is 1.69 bits per heavy atom. The van der Waals surface area contributed by atoms with Crippen LogP contribution >= 0.6 is 0 Å². The molecule has 0 spiro atoms. The van der Waals surface area contributed by atoms with E-state index in [1.54, 1.807) is 6.92 Å². The molecule has 6 heteroatoms. The van der Waals surface area contributed by atoms with Crippen LogP contribution in [0.3, 0.4) is 0 Å². The minimum Gasteiger partial charge on any atom is -0.420 e. The van der Waals surface area contributed by atoms with E-state index in [0.29, 0.717) is 6.42 Å². The molecule has 16 heavy (non-hydrogen) atoms. The molecule has 0 unspecified atom stereocenters. The number of esters is 1. The standard InChI is InChI=1S/C10H8F4O2/c1-2-3-7(15)16-10-8(13)5(11)4-6(12)9(10)14/h4H,2-3H2,1H3. The molecule has 0 N–H and O–H groups in total. The number of carbonyl (C=O) groups excluding carboxylic acids is 1. The fourth-order valence-corrected chi connectivity index (χ4v) is 1.01. The molecule has 0 heterocycles. The van der Waals surface area contributed by atoms with Crippen LogP contribution in [0.5, 0.6) is 5.75 Å². The van der Waals surface area contributed by atoms with Crippen molar-refractivity contribution < 1.29 is 27.1 Å². The van der Waals surface area contributed by atoms with Gasteiger partial charge in [-0.05, 0) is 6.42 Å². The number of benzene rings is 1. The van der Waals surface area contributed by atoms with Crippen LogP contribution in [0.4, 0.5) is 17.6 Å². The largest absolute Gasteiger partial charge is 0.420 e. The molecule has 88 valence electrons. The monoisotopic (exact) mass is 236 g/mol. The molecule has 0 saturated carbocycles. The quantitative estimate of drug-likeness (QED) is 0.349. The highest BCUT2D eigenvalue weighted by molar-refractivity contribution is 5.72. The fourth-order valence-electron chi connectivity index (χ4n) is 1.01. The normalized spacial score (nSPS) is 10.3. The van der Waals surface area contributed by atoms with Crippen LogP contribution in [0.15, 0.2) is 6.07 Å². The zero-order valence-electron chi connectivity index (χ0n) is 8.32. The minimum absolute atomic E-state index is 0.0435. The van der Waals surface area contributed by atoms with Crippen LogP contribution in [0.1, 0.15) is 19.8 Å². The lowest BCUT2D eigenvalue weighted by Crippen LogP contribution is -2.11. The summed E-state index contributed by atoms with van der Waals surface area (Å²) in [4.78, 5) is 10.9. The SMILES string of the molecule is CCCC(=O)Oc1c(F)c(F)cc(F)c1F. The molecular weight excluding hydrogens is 228 g/mol. The second-order valence-electron chi connectivity index (χ2n) is 3.02. The van der Waals surface area contributed by atoms with Gasteiger partial charge in [0.1, 0.15) is 0 Å². The van der Waals surface area contributed by atoms with E-state index in [0.717, 1.165) is 0 Å². The molecule has 1 aromatic carbocycles. The summed E-state index contributed by atoms with van der Waals surface area (Å²) in [6, 6.07) is 0.0435. The Labute approximate surface area is 88.8 Å². The lowest BCUT2D eigenvalue weighted by molar-refractivity contribution is -0.134. The summed E-state index contributed by atoms with van der Waals surface area (Å²) in [5, 5.41) is 0. The van der Waals surface area contributed by atoms with Crippen molar-refractivity contribution in [1.29, 1.82) is 0 Å². The summed E-state index contributed by atoms with van der Waals surface area (Å²) in [6.07, 6.45) is 0.289. The average Bonchev–Trinajstić information content (AvgIpc) is 2.22. The first-order valence-electron chi connectivity index (χ1n) is 4.51. The third-order valence-corrected chi connectivity index (χ3v) is 1.74. The van der Waals surface area contributed by atoms with E-state index in [1.165, 1.54) is 0 Å². The van der Waals surface area contributed by atoms with E-state index in [-0.39, 0.29) is 12.5 Å². The number of hydrogen-bond acceptors (Lipinski definition) is 2. The van der Waals surface area contributed by atoms with Gasteiger partial charge in [0.2, 0.25) is 17.4 Å². The number of rotatable bonds is 3. The van der Waals surface area contributed by atoms with E-state index in [2.05, 4.69) is 4.74 Å². The number of hydrogen-bond donors (Lipinski definition) is 0. The molecule has 0 atom stereocenters. The van der Waals surface area contributed by atoms with Gasteiger partial charge in [-0.3, -0.25) is 4.79 Å². The highest BCUT2D eigenvalue weighted by Gasteiger charge is 2.22. The Hall–Kier alpha value is -1.59. The lowest BCUT2D eigenvalue weighted by atomic mass is 10.3. The topological polar surface area (TPSA) is 26.3 Å². The summed E-state index contributed by atoms with van der Waals surface area (Å²) in [5.74, 6) is -8.95. The van der Waals surface area contributed by atoms with Gasteiger partial charge in [-0.1, -0.05) is 6.92 Å². The first-order valence-corrected chi connectivity index (χ1v) is 4.51. The van der Waals surface area contributed by atoms with Crippen LogP contribution in [-0.4, -0.2) is 5.97 Å². The fraction of sp³-hybridized carbons (Fsp3) is 0.300. The third kappa shape index (κ3) is 2.50. The molecule has 0 aliphatic heterocycles. The van der Waals surface area contributed by atoms with E-state index in [4.69, 9.17) is 0 Å². The van der Waals surface area contributed by atoms with Gasteiger partial charge in [0, 0.05) is 12.5 Å². The Kier molecular flexibility index (Phi) is 3.87. The predicted octanol–water partition coefficient (Wildman–Crippen LogP) is 2.95. The van der Waals surface area contributed by atoms with Crippen molar-refractivity contribution >= 4 is 5.97 Å². The zero-order chi connectivity index (χ0) is 12.3. The molecule has 0 fully saturated rings. The summed E-state index contributed by atoms with van der Waals surface area (Å²) >= 11 is 0. The number of ether oxygens (including phenoxy) is 1. The molecule has 0 amide bonds. The zero-order valence-corrected chi connectivity index (χ0v) is 8.32. The van der Waals surface area contributed by atoms with E-state index < -0.39 is 35.0 Å². The third-order valence-electron chi connectivity index (χ3n) is 1.74. The van der Waals surface area contributed by atoms with Gasteiger partial charge in [-0.2, -0.15) is 8.78 Å². The predicted molar refractivity (Wildman–Crippen MR) is 46.8 cm³/mol. The van der Waals surface area contributed by atoms with Crippen molar-refractivity contribution in [2.45, 2.75) is 19.8 Å². The number of halogens is 4. The first-order chi connectivity index (χ1) is 7.47. The lowest BCUT2D eigenvalue weighted by Gasteiger charge is -2.06. The van der Waals surface area contributed by atoms with Crippen LogP contribution in [-0.2, 0) is 4.79 Å². The van der Waals surface area contributed by atoms with Gasteiger partial charge in [0.05, 0.1) is 0 Å². The molecule has 1 aromatic rings. The van der Waals surface area contributed by atoms with Crippen molar-refractivity contribution in [2.75, 3.05) is 0 Å². The highest BCUT2D eigenvalue weighted by Crippen LogP contribution is 2.26. The summed E-state index contributed by atoms with van der Waals surface area (Å²) < 4.78 is 55.5. The van der Waals surface area contributed by atoms with Crippen molar-refractivity contribution in [3.8, 4) is 5.75 Å². The maximum atomic E-state index is 13.0. The van der Waals surface area contributed by atoms with Gasteiger partial charge in [0.15, 0.2) is 11.6 Å². The average molecular weight is 236 g/mol. The van der Waals surface area contributed by atoms with E-state index >= 15 is 0 Å². The van der Waals surface area contributed by atoms with Gasteiger partial charge >= 0.3 is 5.97 Å². The first kappa shape index (κ1) is 12.5. The van der Waals surface area contributed by atoms with Gasteiger partial charge in [-0.15, -0.1) is 0 Å². The van der Waals surface area contributed by atoms with E-state index in [9.17, 15) is 22.4 Å². The minimum atomic E-state index is -1.72. The van der Waals surface area contributed by atoms with Gasteiger partial charge in [-0.25, -0.2) is 8.78 Å². The summed E-state index contributed by atoms with van der Waals surface area (Å²) in [7, 11) is 0. The van der Waals surface area contributed by atoms with Gasteiger partial charge < -0.3 is 4.74 Å². The smallest absolute Gasteiger partial charge is 0.311 e. The molecule has 0 saturated heterocycles. The molecule has 2 nitrogen and oxygen atoms in total. The molecule has 1 rings (SSSR count). The van der Waals surface area contributed by atoms with Crippen LogP contribution in [0.25, 0.3) is 0 Å². The van der Waals surface area contributed by atoms with Crippen molar-refractivity contribution in [3.05, 3.63) is 29.3 Å². The Morgan fingerprint density at radius 1 is 1.19 bits per heavy atom. The molecule has 0 aliphatic rings. The number of carbonyl (C=O) groups is 1. The maximum absolute atomic E-state index is 13.0. The second kappa shape index (κ2) is 4.96. The molecule has 0 aromatic heterocycles. The summed E-state index contributed by atoms with van der Waals surface area (Å²) in [5.41, 5.74) is 0. The van der Waals surface area contributed by atoms with Crippen LogP contribution in [0.2, 0.25) is 0 Å². The Balaban J connectivity index is 3.07. The van der Waals surface area contributed by atoms with Gasteiger partial charge in [0.25, 0.3) is 0 Å². The molecule has 0 bridgehead atoms. The van der Waals surface area contributed by atoms with Crippen LogP contribution < -0.4 is 4.74 Å². The van der Waals surface area contributed by atoms with Crippen molar-refractivity contribution in [3.63, 3.8) is 0 Å². The Bertz CT molecular complexity index is 392. The Morgan fingerprint density at radius 3 is 2.12 bits per heavy atom. The van der Waals surface area contributed by atoms with Crippen LogP contribution in [0, 0.1) is 23.3 Å². The second-order valence-corrected chi connectivity index (χ2v) is 3.02. The van der Waals surface area contributed by atoms with E-state index in [1.807, 2.05) is 0 Å². The molecule has 0 radical (unpaired) electrons. The van der Waals surface area contributed by atoms with Crippen molar-refractivity contribution in [2.24, 2.45) is 0 Å². The molecular formula is C10H8F4O2. The van der Waals surface area contributed by atoms with Crippen molar-refractivity contribution in [1.82, 2.24) is 0 Å². The highest BCUT2D eigenvalue weighted by atomic mass is 19.2. The molecule has 0 aliphatic carbocycles.